The van der Waals surface area contributed by atoms with Crippen molar-refractivity contribution in [1.29, 1.82) is 0 Å². The molecule has 1 saturated heterocycles. The molecule has 0 saturated carbocycles. The number of hydrogen-bond donors (Lipinski definition) is 4. The van der Waals surface area contributed by atoms with Crippen LogP contribution in [0.3, 0.4) is 0 Å². The molecule has 0 aromatic rings. The van der Waals surface area contributed by atoms with Crippen LogP contribution in [0.25, 0.3) is 0 Å². The lowest BCUT2D eigenvalue weighted by Gasteiger charge is -2.40. The third-order valence-corrected chi connectivity index (χ3v) is 3.63. The third-order valence-electron chi connectivity index (χ3n) is 3.63. The van der Waals surface area contributed by atoms with E-state index in [0.717, 1.165) is 12.8 Å². The van der Waals surface area contributed by atoms with Crippen molar-refractivity contribution in [1.82, 2.24) is 0 Å². The first-order valence-corrected chi connectivity index (χ1v) is 6.31. The van der Waals surface area contributed by atoms with Crippen molar-refractivity contribution < 1.29 is 25.2 Å². The summed E-state index contributed by atoms with van der Waals surface area (Å²) in [5.74, 6) is 0.530. The van der Waals surface area contributed by atoms with Gasteiger partial charge in [0.25, 0.3) is 0 Å². The van der Waals surface area contributed by atoms with Gasteiger partial charge < -0.3 is 25.2 Å². The smallest absolute Gasteiger partial charge is 0.111 e. The first kappa shape index (κ1) is 14.9. The average Bonchev–Trinajstić information content (AvgIpc) is 2.34. The van der Waals surface area contributed by atoms with Crippen LogP contribution in [0.4, 0.5) is 0 Å². The molecule has 0 aromatic heterocycles. The van der Waals surface area contributed by atoms with Gasteiger partial charge in [-0.1, -0.05) is 20.3 Å². The monoisotopic (exact) mass is 248 g/mol. The molecule has 17 heavy (non-hydrogen) atoms. The van der Waals surface area contributed by atoms with Gasteiger partial charge in [-0.25, -0.2) is 0 Å². The van der Waals surface area contributed by atoms with E-state index in [-0.39, 0.29) is 6.61 Å². The number of rotatable bonds is 5. The molecular formula is C12H24O5. The molecule has 1 heterocycles. The van der Waals surface area contributed by atoms with E-state index in [1.807, 2.05) is 0 Å². The van der Waals surface area contributed by atoms with E-state index >= 15 is 0 Å². The van der Waals surface area contributed by atoms with Gasteiger partial charge in [0.05, 0.1) is 12.7 Å². The highest BCUT2D eigenvalue weighted by Crippen LogP contribution is 2.25. The van der Waals surface area contributed by atoms with Crippen LogP contribution in [-0.2, 0) is 4.74 Å². The summed E-state index contributed by atoms with van der Waals surface area (Å²) in [5.41, 5.74) is 0. The van der Waals surface area contributed by atoms with Crippen LogP contribution < -0.4 is 0 Å². The molecule has 2 unspecified atom stereocenters. The Morgan fingerprint density at radius 1 is 1.06 bits per heavy atom. The summed E-state index contributed by atoms with van der Waals surface area (Å²) in [6.07, 6.45) is -2.32. The van der Waals surface area contributed by atoms with E-state index in [4.69, 9.17) is 9.84 Å². The van der Waals surface area contributed by atoms with Crippen LogP contribution in [-0.4, -0.2) is 57.6 Å². The molecule has 0 aliphatic carbocycles. The molecule has 0 amide bonds. The number of ether oxygens (including phenoxy) is 1. The van der Waals surface area contributed by atoms with Crippen LogP contribution in [0.2, 0.25) is 0 Å². The van der Waals surface area contributed by atoms with Crippen molar-refractivity contribution in [2.75, 3.05) is 6.61 Å². The van der Waals surface area contributed by atoms with Crippen molar-refractivity contribution >= 4 is 0 Å². The average molecular weight is 248 g/mol. The van der Waals surface area contributed by atoms with E-state index < -0.39 is 30.5 Å². The lowest BCUT2D eigenvalue weighted by molar-refractivity contribution is -0.230. The Kier molecular flexibility index (Phi) is 5.82. The molecule has 0 aromatic carbocycles. The SMILES string of the molecule is CCC(C)CCC1O[C@H](CO)[C@@H](O)[C@H](O)[C@H]1O. The molecule has 4 N–H and O–H groups in total. The fourth-order valence-electron chi connectivity index (χ4n) is 2.07. The van der Waals surface area contributed by atoms with Crippen LogP contribution in [0.15, 0.2) is 0 Å². The Morgan fingerprint density at radius 3 is 2.18 bits per heavy atom. The maximum atomic E-state index is 9.79. The van der Waals surface area contributed by atoms with E-state index in [1.165, 1.54) is 0 Å². The molecular weight excluding hydrogens is 224 g/mol. The molecule has 102 valence electrons. The van der Waals surface area contributed by atoms with E-state index in [0.29, 0.717) is 12.3 Å². The highest BCUT2D eigenvalue weighted by Gasteiger charge is 2.42. The van der Waals surface area contributed by atoms with Gasteiger partial charge in [-0.3, -0.25) is 0 Å². The van der Waals surface area contributed by atoms with Gasteiger partial charge in [0, 0.05) is 0 Å². The Balaban J connectivity index is 2.53. The number of hydrogen-bond acceptors (Lipinski definition) is 5. The molecule has 5 heteroatoms. The van der Waals surface area contributed by atoms with Gasteiger partial charge in [-0.15, -0.1) is 0 Å². The van der Waals surface area contributed by atoms with Crippen LogP contribution in [0.1, 0.15) is 33.1 Å². The van der Waals surface area contributed by atoms with Gasteiger partial charge in [-0.05, 0) is 18.8 Å². The van der Waals surface area contributed by atoms with Crippen LogP contribution in [0.5, 0.6) is 0 Å². The molecule has 1 aliphatic rings. The molecule has 1 rings (SSSR count). The third kappa shape index (κ3) is 3.63. The molecule has 0 spiro atoms. The van der Waals surface area contributed by atoms with E-state index in [1.54, 1.807) is 0 Å². The van der Waals surface area contributed by atoms with Gasteiger partial charge in [0.15, 0.2) is 0 Å². The quantitative estimate of drug-likeness (QED) is 0.534. The summed E-state index contributed by atoms with van der Waals surface area (Å²) >= 11 is 0. The fourth-order valence-corrected chi connectivity index (χ4v) is 2.07. The highest BCUT2D eigenvalue weighted by molar-refractivity contribution is 4.91. The summed E-state index contributed by atoms with van der Waals surface area (Å²) in [6, 6.07) is 0. The Hall–Kier alpha value is -0.200. The zero-order valence-electron chi connectivity index (χ0n) is 10.5. The van der Waals surface area contributed by atoms with Crippen molar-refractivity contribution in [3.05, 3.63) is 0 Å². The predicted molar refractivity (Wildman–Crippen MR) is 62.5 cm³/mol. The Labute approximate surface area is 102 Å². The second kappa shape index (κ2) is 6.66. The van der Waals surface area contributed by atoms with Crippen molar-refractivity contribution in [3.63, 3.8) is 0 Å². The Morgan fingerprint density at radius 2 is 1.65 bits per heavy atom. The zero-order chi connectivity index (χ0) is 13.0. The summed E-state index contributed by atoms with van der Waals surface area (Å²) in [4.78, 5) is 0. The van der Waals surface area contributed by atoms with Crippen molar-refractivity contribution in [2.24, 2.45) is 5.92 Å². The first-order chi connectivity index (χ1) is 8.01. The van der Waals surface area contributed by atoms with Gasteiger partial charge in [-0.2, -0.15) is 0 Å². The molecule has 5 nitrogen and oxygen atoms in total. The summed E-state index contributed by atoms with van der Waals surface area (Å²) < 4.78 is 5.42. The predicted octanol–water partition coefficient (Wildman–Crippen LogP) is -0.345. The van der Waals surface area contributed by atoms with Gasteiger partial charge in [0.2, 0.25) is 0 Å². The maximum absolute atomic E-state index is 9.79. The largest absolute Gasteiger partial charge is 0.394 e. The minimum atomic E-state index is -1.25. The first-order valence-electron chi connectivity index (χ1n) is 6.31. The maximum Gasteiger partial charge on any atom is 0.111 e. The molecule has 1 aliphatic heterocycles. The second-order valence-electron chi connectivity index (χ2n) is 4.96. The zero-order valence-corrected chi connectivity index (χ0v) is 10.5. The van der Waals surface area contributed by atoms with Crippen molar-refractivity contribution in [2.45, 2.75) is 63.6 Å². The van der Waals surface area contributed by atoms with Gasteiger partial charge >= 0.3 is 0 Å². The standard InChI is InChI=1S/C12H24O5/c1-3-7(2)4-5-8-10(14)12(16)11(15)9(6-13)17-8/h7-16H,3-6H2,1-2H3/t7?,8?,9-,10+,11-,12-/m1/s1. The normalized spacial score (nSPS) is 40.2. The summed E-state index contributed by atoms with van der Waals surface area (Å²) in [6.45, 7) is 3.85. The summed E-state index contributed by atoms with van der Waals surface area (Å²) in [7, 11) is 0. The van der Waals surface area contributed by atoms with Crippen LogP contribution >= 0.6 is 0 Å². The lowest BCUT2D eigenvalue weighted by Crippen LogP contribution is -2.58. The topological polar surface area (TPSA) is 90.2 Å². The number of aliphatic hydroxyl groups excluding tert-OH is 4. The number of aliphatic hydroxyl groups is 4. The minimum Gasteiger partial charge on any atom is -0.394 e. The Bertz CT molecular complexity index is 221. The van der Waals surface area contributed by atoms with Crippen LogP contribution in [0, 0.1) is 5.92 Å². The second-order valence-corrected chi connectivity index (χ2v) is 4.96. The van der Waals surface area contributed by atoms with E-state index in [2.05, 4.69) is 13.8 Å². The van der Waals surface area contributed by atoms with Gasteiger partial charge in [0.1, 0.15) is 24.4 Å². The van der Waals surface area contributed by atoms with E-state index in [9.17, 15) is 15.3 Å². The molecule has 1 fully saturated rings. The highest BCUT2D eigenvalue weighted by atomic mass is 16.5. The fraction of sp³-hybridized carbons (Fsp3) is 1.00. The molecule has 0 bridgehead atoms. The summed E-state index contributed by atoms with van der Waals surface area (Å²) in [5, 5.41) is 38.0. The molecule has 6 atom stereocenters. The van der Waals surface area contributed by atoms with Crippen molar-refractivity contribution in [3.8, 4) is 0 Å². The molecule has 0 radical (unpaired) electrons. The minimum absolute atomic E-state index is 0.356. The lowest BCUT2D eigenvalue weighted by atomic mass is 9.90.